The van der Waals surface area contributed by atoms with Crippen molar-refractivity contribution >= 4 is 35.4 Å². The van der Waals surface area contributed by atoms with E-state index in [1.807, 2.05) is 6.07 Å². The smallest absolute Gasteiger partial charge is 0.272 e. The number of anilines is 1. The van der Waals surface area contributed by atoms with Crippen LogP contribution in [-0.2, 0) is 14.3 Å². The van der Waals surface area contributed by atoms with E-state index >= 15 is 0 Å². The maximum Gasteiger partial charge on any atom is 0.272 e. The lowest BCUT2D eigenvalue weighted by molar-refractivity contribution is -0.164. The van der Waals surface area contributed by atoms with Gasteiger partial charge in [-0.15, -0.1) is 10.2 Å². The van der Waals surface area contributed by atoms with E-state index in [1.54, 1.807) is 43.5 Å². The van der Waals surface area contributed by atoms with Crippen LogP contribution in [0.4, 0.5) is 5.82 Å². The van der Waals surface area contributed by atoms with Crippen LogP contribution in [-0.4, -0.2) is 134 Å². The summed E-state index contributed by atoms with van der Waals surface area (Å²) < 4.78 is 29.2. The van der Waals surface area contributed by atoms with Gasteiger partial charge in [0.15, 0.2) is 11.5 Å². The van der Waals surface area contributed by atoms with E-state index in [0.717, 1.165) is 62.6 Å². The molecule has 5 aliphatic rings. The minimum absolute atomic E-state index is 0.0328. The molecule has 2 N–H and O–H groups in total. The van der Waals surface area contributed by atoms with Crippen molar-refractivity contribution in [2.45, 2.75) is 96.6 Å². The van der Waals surface area contributed by atoms with Crippen molar-refractivity contribution in [1.29, 1.82) is 5.26 Å². The van der Waals surface area contributed by atoms with Gasteiger partial charge in [-0.25, -0.2) is 0 Å². The SMILES string of the molecule is COCCN(CC1CCN(c2ccc(C(=O)NC3C(C)(C)C(Oc4ccc(C#N)c(OC)c4)C3(C)C)nn2)CC1)C1CC(Oc2cc(OC)c3c(c2)C(=O)N(C2CCC(=O)NC2=O)C3=O)C1. The minimum Gasteiger partial charge on any atom is -0.496 e. The second kappa shape index (κ2) is 18.5. The molecule has 3 aliphatic heterocycles. The Bertz CT molecular complexity index is 2410. The van der Waals surface area contributed by atoms with Crippen molar-refractivity contribution in [3.63, 3.8) is 0 Å². The molecule has 1 aromatic heterocycles. The molecule has 5 amide bonds. The number of methoxy groups -OCH3 is 3. The number of fused-ring (bicyclic) bond motifs is 1. The summed E-state index contributed by atoms with van der Waals surface area (Å²) in [6.45, 7) is 12.1. The van der Waals surface area contributed by atoms with Crippen LogP contribution >= 0.6 is 0 Å². The number of rotatable bonds is 16. The highest BCUT2D eigenvalue weighted by molar-refractivity contribution is 6.24. The molecule has 1 atom stereocenters. The predicted octanol–water partition coefficient (Wildman–Crippen LogP) is 4.15. The molecule has 2 saturated heterocycles. The van der Waals surface area contributed by atoms with E-state index in [0.29, 0.717) is 35.3 Å². The maximum atomic E-state index is 13.5. The number of piperidine rings is 2. The monoisotopic (exact) mass is 906 g/mol. The zero-order valence-corrected chi connectivity index (χ0v) is 38.5. The van der Waals surface area contributed by atoms with Crippen molar-refractivity contribution in [3.05, 3.63) is 64.8 Å². The lowest BCUT2D eigenvalue weighted by Gasteiger charge is -2.63. The number of hydrogen-bond acceptors (Lipinski definition) is 15. The Balaban J connectivity index is 0.817. The Hall–Kier alpha value is -6.32. The standard InChI is InChI=1S/C48H58N8O10/c1-47(2)45(48(3,4)46(47)66-30-9-8-28(25-49)36(23-30)63-6)51-41(58)34-10-12-38(53-52-34)54-16-14-27(15-17-54)26-55(18-19-62-5)29-20-31(21-29)65-32-22-33-40(37(24-32)64-7)44(61)56(43(33)60)35-11-13-39(57)50-42(35)59/h8-10,12,22-24,27,29,31,35,45-46H,11,13-21,26H2,1-7H3,(H,51,58)(H,50,57,59). The Morgan fingerprint density at radius 3 is 2.24 bits per heavy atom. The van der Waals surface area contributed by atoms with Gasteiger partial charge in [0.2, 0.25) is 11.8 Å². The van der Waals surface area contributed by atoms with Gasteiger partial charge in [0.25, 0.3) is 17.7 Å². The van der Waals surface area contributed by atoms with Crippen LogP contribution in [0.15, 0.2) is 42.5 Å². The van der Waals surface area contributed by atoms with Gasteiger partial charge in [0.1, 0.15) is 47.3 Å². The number of benzene rings is 2. The molecule has 18 nitrogen and oxygen atoms in total. The molecule has 1 unspecified atom stereocenters. The van der Waals surface area contributed by atoms with E-state index in [2.05, 4.69) is 64.4 Å². The molecule has 18 heteroatoms. The fourth-order valence-corrected chi connectivity index (χ4v) is 10.8. The summed E-state index contributed by atoms with van der Waals surface area (Å²) in [6.07, 6.45) is 3.21. The first-order chi connectivity index (χ1) is 31.6. The minimum atomic E-state index is -1.08. The number of carbonyl (C=O) groups excluding carboxylic acids is 5. The van der Waals surface area contributed by atoms with Gasteiger partial charge in [-0.2, -0.15) is 5.26 Å². The lowest BCUT2D eigenvalue weighted by Crippen LogP contribution is -2.74. The van der Waals surface area contributed by atoms with Gasteiger partial charge < -0.3 is 33.9 Å². The molecule has 0 bridgehead atoms. The number of carbonyl (C=O) groups is 5. The Morgan fingerprint density at radius 2 is 1.61 bits per heavy atom. The quantitative estimate of drug-likeness (QED) is 0.193. The van der Waals surface area contributed by atoms with E-state index in [-0.39, 0.29) is 65.6 Å². The molecule has 3 aromatic rings. The van der Waals surface area contributed by atoms with E-state index < -0.39 is 40.5 Å². The van der Waals surface area contributed by atoms with Gasteiger partial charge in [0, 0.05) is 87.6 Å². The number of aromatic nitrogens is 2. The van der Waals surface area contributed by atoms with Crippen LogP contribution in [0.5, 0.6) is 23.0 Å². The third-order valence-corrected chi connectivity index (χ3v) is 14.1. The van der Waals surface area contributed by atoms with Crippen LogP contribution in [0.3, 0.4) is 0 Å². The van der Waals surface area contributed by atoms with Crippen LogP contribution in [0, 0.1) is 28.1 Å². The first kappa shape index (κ1) is 46.2. The van der Waals surface area contributed by atoms with E-state index in [4.69, 9.17) is 23.7 Å². The van der Waals surface area contributed by atoms with Gasteiger partial charge in [0.05, 0.1) is 37.5 Å². The van der Waals surface area contributed by atoms with Gasteiger partial charge in [-0.1, -0.05) is 27.7 Å². The summed E-state index contributed by atoms with van der Waals surface area (Å²) in [4.78, 5) is 70.4. The Kier molecular flexibility index (Phi) is 13.0. The third kappa shape index (κ3) is 8.73. The first-order valence-corrected chi connectivity index (χ1v) is 22.5. The van der Waals surface area contributed by atoms with E-state index in [9.17, 15) is 29.2 Å². The average molecular weight is 907 g/mol. The van der Waals surface area contributed by atoms with E-state index in [1.165, 1.54) is 14.2 Å². The summed E-state index contributed by atoms with van der Waals surface area (Å²) in [5.41, 5.74) is 0.0310. The number of nitrogens with one attached hydrogen (secondary N) is 2. The molecule has 0 spiro atoms. The highest BCUT2D eigenvalue weighted by atomic mass is 16.5. The summed E-state index contributed by atoms with van der Waals surface area (Å²) in [6, 6.07) is 13.0. The lowest BCUT2D eigenvalue weighted by atomic mass is 9.49. The Labute approximate surface area is 384 Å². The summed E-state index contributed by atoms with van der Waals surface area (Å²) in [5, 5.41) is 23.6. The fourth-order valence-electron chi connectivity index (χ4n) is 10.8. The zero-order chi connectivity index (χ0) is 47.1. The molecule has 350 valence electrons. The average Bonchev–Trinajstić information content (AvgIpc) is 3.54. The van der Waals surface area contributed by atoms with Gasteiger partial charge in [-0.3, -0.25) is 39.1 Å². The molecular formula is C48H58N8O10. The zero-order valence-electron chi connectivity index (χ0n) is 38.5. The molecule has 66 heavy (non-hydrogen) atoms. The highest BCUT2D eigenvalue weighted by Gasteiger charge is 2.64. The number of hydrogen-bond donors (Lipinski definition) is 2. The summed E-state index contributed by atoms with van der Waals surface area (Å²) >= 11 is 0. The van der Waals surface area contributed by atoms with Crippen LogP contribution in [0.1, 0.15) is 103 Å². The van der Waals surface area contributed by atoms with Crippen LogP contribution in [0.25, 0.3) is 0 Å². The maximum absolute atomic E-state index is 13.5. The normalized spacial score (nSPS) is 24.4. The van der Waals surface area contributed by atoms with Gasteiger partial charge >= 0.3 is 0 Å². The van der Waals surface area contributed by atoms with Crippen molar-refractivity contribution in [3.8, 4) is 29.1 Å². The molecule has 4 fully saturated rings. The molecule has 2 saturated carbocycles. The summed E-state index contributed by atoms with van der Waals surface area (Å²) in [7, 11) is 4.63. The highest BCUT2D eigenvalue weighted by Crippen LogP contribution is 2.55. The van der Waals surface area contributed by atoms with Crippen LogP contribution < -0.4 is 34.5 Å². The predicted molar refractivity (Wildman–Crippen MR) is 238 cm³/mol. The van der Waals surface area contributed by atoms with Crippen LogP contribution in [0.2, 0.25) is 0 Å². The molecule has 4 heterocycles. The Morgan fingerprint density at radius 1 is 0.894 bits per heavy atom. The number of imide groups is 2. The molecule has 2 aromatic carbocycles. The number of ether oxygens (including phenoxy) is 5. The van der Waals surface area contributed by atoms with Crippen molar-refractivity contribution in [2.75, 3.05) is 59.0 Å². The van der Waals surface area contributed by atoms with Crippen molar-refractivity contribution in [1.82, 2.24) is 30.6 Å². The fraction of sp³-hybridized carbons (Fsp3) is 0.542. The number of nitriles is 1. The number of nitrogens with zero attached hydrogens (tertiary/aromatic N) is 6. The van der Waals surface area contributed by atoms with Crippen molar-refractivity contribution < 1.29 is 47.7 Å². The topological polar surface area (TPSA) is 215 Å². The third-order valence-electron chi connectivity index (χ3n) is 14.1. The summed E-state index contributed by atoms with van der Waals surface area (Å²) in [5.74, 6) is 0.157. The molecule has 8 rings (SSSR count). The van der Waals surface area contributed by atoms with Crippen molar-refractivity contribution in [2.24, 2.45) is 16.7 Å². The molecular weight excluding hydrogens is 849 g/mol. The number of amides is 5. The molecule has 2 aliphatic carbocycles. The second-order valence-electron chi connectivity index (χ2n) is 19.1. The molecule has 0 radical (unpaired) electrons. The first-order valence-electron chi connectivity index (χ1n) is 22.5. The largest absolute Gasteiger partial charge is 0.496 e. The van der Waals surface area contributed by atoms with Gasteiger partial charge in [-0.05, 0) is 55.5 Å². The second-order valence-corrected chi connectivity index (χ2v) is 19.1.